The third-order valence-electron chi connectivity index (χ3n) is 4.88. The first-order valence-corrected chi connectivity index (χ1v) is 11.2. The molecule has 0 bridgehead atoms. The molecule has 0 fully saturated rings. The molecule has 3 rings (SSSR count). The van der Waals surface area contributed by atoms with Crippen LogP contribution in [0.1, 0.15) is 22.3 Å². The van der Waals surface area contributed by atoms with Crippen LogP contribution < -0.4 is 10.0 Å². The monoisotopic (exact) mass is 422 g/mol. The zero-order chi connectivity index (χ0) is 21.7. The fourth-order valence-corrected chi connectivity index (χ4v) is 4.70. The van der Waals surface area contributed by atoms with Gasteiger partial charge in [-0.25, -0.2) is 8.42 Å². The summed E-state index contributed by atoms with van der Waals surface area (Å²) in [6.07, 6.45) is 0.239. The van der Waals surface area contributed by atoms with Gasteiger partial charge in [0.25, 0.3) is 0 Å². The van der Waals surface area contributed by atoms with E-state index in [9.17, 15) is 13.2 Å². The van der Waals surface area contributed by atoms with Gasteiger partial charge in [0, 0.05) is 5.69 Å². The van der Waals surface area contributed by atoms with Crippen molar-refractivity contribution < 1.29 is 13.2 Å². The molecule has 3 aromatic rings. The van der Waals surface area contributed by atoms with Gasteiger partial charge in [0.05, 0.1) is 4.90 Å². The molecule has 0 aliphatic carbocycles. The number of sulfonamides is 1. The maximum Gasteiger partial charge on any atom is 0.242 e. The van der Waals surface area contributed by atoms with Crippen LogP contribution in [0.2, 0.25) is 0 Å². The van der Waals surface area contributed by atoms with E-state index >= 15 is 0 Å². The number of carbonyl (C=O) groups excluding carboxylic acids is 1. The van der Waals surface area contributed by atoms with Gasteiger partial charge in [-0.1, -0.05) is 66.2 Å². The van der Waals surface area contributed by atoms with Gasteiger partial charge in [0.2, 0.25) is 15.9 Å². The molecule has 0 spiro atoms. The molecular formula is C24H26N2O3S. The number of benzene rings is 3. The lowest BCUT2D eigenvalue weighted by Gasteiger charge is -2.20. The first kappa shape index (κ1) is 21.7. The van der Waals surface area contributed by atoms with Crippen LogP contribution in [0.5, 0.6) is 0 Å². The zero-order valence-electron chi connectivity index (χ0n) is 17.3. The number of rotatable bonds is 7. The summed E-state index contributed by atoms with van der Waals surface area (Å²) < 4.78 is 28.3. The summed E-state index contributed by atoms with van der Waals surface area (Å²) in [5, 5.41) is 2.93. The van der Waals surface area contributed by atoms with Crippen LogP contribution in [0.25, 0.3) is 0 Å². The molecule has 6 heteroatoms. The standard InChI is InChI=1S/C24H26N2O3S/c1-17-14-18(2)23(19(3)15-17)25-24(27)22(16-20-10-6-4-7-11-20)26-30(28,29)21-12-8-5-9-13-21/h4-15,22,26H,16H2,1-3H3,(H,25,27)/t22-/m0/s1. The Labute approximate surface area is 178 Å². The Balaban J connectivity index is 1.90. The van der Waals surface area contributed by atoms with Crippen molar-refractivity contribution in [3.05, 3.63) is 95.1 Å². The Morgan fingerprint density at radius 2 is 1.40 bits per heavy atom. The second-order valence-corrected chi connectivity index (χ2v) is 9.15. The number of hydrogen-bond acceptors (Lipinski definition) is 3. The summed E-state index contributed by atoms with van der Waals surface area (Å²) in [5.74, 6) is -0.395. The normalized spacial score (nSPS) is 12.4. The SMILES string of the molecule is Cc1cc(C)c(NC(=O)[C@H](Cc2ccccc2)NS(=O)(=O)c2ccccc2)c(C)c1. The molecule has 0 aliphatic rings. The lowest BCUT2D eigenvalue weighted by atomic mass is 10.0. The van der Waals surface area contributed by atoms with E-state index in [0.29, 0.717) is 5.69 Å². The maximum absolute atomic E-state index is 13.2. The molecule has 0 radical (unpaired) electrons. The van der Waals surface area contributed by atoms with Crippen molar-refractivity contribution in [3.63, 3.8) is 0 Å². The van der Waals surface area contributed by atoms with Crippen LogP contribution in [0.3, 0.4) is 0 Å². The van der Waals surface area contributed by atoms with Crippen molar-refractivity contribution in [1.82, 2.24) is 4.72 Å². The summed E-state index contributed by atoms with van der Waals surface area (Å²) in [7, 11) is -3.85. The Bertz CT molecular complexity index is 1100. The minimum absolute atomic E-state index is 0.124. The van der Waals surface area contributed by atoms with Gasteiger partial charge in [0.15, 0.2) is 0 Å². The van der Waals surface area contributed by atoms with Gasteiger partial charge < -0.3 is 5.32 Å². The highest BCUT2D eigenvalue weighted by Gasteiger charge is 2.26. The average Bonchev–Trinajstić information content (AvgIpc) is 2.71. The van der Waals surface area contributed by atoms with E-state index in [0.717, 1.165) is 22.3 Å². The van der Waals surface area contributed by atoms with E-state index in [1.54, 1.807) is 18.2 Å². The van der Waals surface area contributed by atoms with Gasteiger partial charge in [0.1, 0.15) is 6.04 Å². The molecule has 0 heterocycles. The second kappa shape index (κ2) is 9.24. The van der Waals surface area contributed by atoms with E-state index < -0.39 is 22.0 Å². The van der Waals surface area contributed by atoms with Gasteiger partial charge in [-0.05, 0) is 56.0 Å². The molecule has 0 aliphatic heterocycles. The summed E-state index contributed by atoms with van der Waals surface area (Å²) >= 11 is 0. The first-order chi connectivity index (χ1) is 14.3. The van der Waals surface area contributed by atoms with E-state index in [4.69, 9.17) is 0 Å². The third-order valence-corrected chi connectivity index (χ3v) is 6.36. The lowest BCUT2D eigenvalue weighted by Crippen LogP contribution is -2.45. The third kappa shape index (κ3) is 5.34. The molecule has 0 saturated carbocycles. The van der Waals surface area contributed by atoms with E-state index in [1.807, 2.05) is 63.2 Å². The number of amides is 1. The minimum atomic E-state index is -3.85. The van der Waals surface area contributed by atoms with Crippen molar-refractivity contribution >= 4 is 21.6 Å². The smallest absolute Gasteiger partial charge is 0.242 e. The van der Waals surface area contributed by atoms with Crippen LogP contribution in [-0.2, 0) is 21.2 Å². The molecule has 0 unspecified atom stereocenters. The summed E-state index contributed by atoms with van der Waals surface area (Å²) in [4.78, 5) is 13.3. The molecule has 1 atom stereocenters. The number of carbonyl (C=O) groups is 1. The summed E-state index contributed by atoms with van der Waals surface area (Å²) in [6.45, 7) is 5.85. The van der Waals surface area contributed by atoms with Crippen molar-refractivity contribution in [3.8, 4) is 0 Å². The predicted molar refractivity (Wildman–Crippen MR) is 120 cm³/mol. The summed E-state index contributed by atoms with van der Waals surface area (Å²) in [6, 6.07) is 20.4. The number of nitrogens with one attached hydrogen (secondary N) is 2. The van der Waals surface area contributed by atoms with Crippen molar-refractivity contribution in [2.24, 2.45) is 0 Å². The molecule has 2 N–H and O–H groups in total. The highest BCUT2D eigenvalue weighted by atomic mass is 32.2. The maximum atomic E-state index is 13.2. The molecule has 0 aromatic heterocycles. The molecule has 5 nitrogen and oxygen atoms in total. The van der Waals surface area contributed by atoms with E-state index in [2.05, 4.69) is 10.0 Å². The highest BCUT2D eigenvalue weighted by Crippen LogP contribution is 2.22. The Kier molecular flexibility index (Phi) is 6.70. The van der Waals surface area contributed by atoms with Crippen molar-refractivity contribution in [2.75, 3.05) is 5.32 Å². The quantitative estimate of drug-likeness (QED) is 0.601. The first-order valence-electron chi connectivity index (χ1n) is 9.76. The number of hydrogen-bond donors (Lipinski definition) is 2. The molecule has 0 saturated heterocycles. The molecular weight excluding hydrogens is 396 g/mol. The van der Waals surface area contributed by atoms with E-state index in [-0.39, 0.29) is 11.3 Å². The van der Waals surface area contributed by atoms with Crippen LogP contribution in [0, 0.1) is 20.8 Å². The largest absolute Gasteiger partial charge is 0.324 e. The fraction of sp³-hybridized carbons (Fsp3) is 0.208. The molecule has 156 valence electrons. The molecule has 3 aromatic carbocycles. The van der Waals surface area contributed by atoms with Gasteiger partial charge >= 0.3 is 0 Å². The van der Waals surface area contributed by atoms with Crippen LogP contribution in [-0.4, -0.2) is 20.4 Å². The number of aryl methyl sites for hydroxylation is 3. The topological polar surface area (TPSA) is 75.3 Å². The molecule has 1 amide bonds. The second-order valence-electron chi connectivity index (χ2n) is 7.44. The van der Waals surface area contributed by atoms with Crippen molar-refractivity contribution in [2.45, 2.75) is 38.1 Å². The lowest BCUT2D eigenvalue weighted by molar-refractivity contribution is -0.117. The van der Waals surface area contributed by atoms with Crippen LogP contribution >= 0.6 is 0 Å². The van der Waals surface area contributed by atoms with Crippen LogP contribution in [0.4, 0.5) is 5.69 Å². The Morgan fingerprint density at radius 3 is 1.97 bits per heavy atom. The van der Waals surface area contributed by atoms with Gasteiger partial charge in [-0.2, -0.15) is 4.72 Å². The number of anilines is 1. The summed E-state index contributed by atoms with van der Waals surface area (Å²) in [5.41, 5.74) is 4.55. The van der Waals surface area contributed by atoms with Crippen molar-refractivity contribution in [1.29, 1.82) is 0 Å². The Hall–Kier alpha value is -2.96. The average molecular weight is 423 g/mol. The Morgan fingerprint density at radius 1 is 0.867 bits per heavy atom. The van der Waals surface area contributed by atoms with Gasteiger partial charge in [-0.3, -0.25) is 4.79 Å². The fourth-order valence-electron chi connectivity index (χ4n) is 3.48. The van der Waals surface area contributed by atoms with E-state index in [1.165, 1.54) is 12.1 Å². The zero-order valence-corrected chi connectivity index (χ0v) is 18.2. The van der Waals surface area contributed by atoms with Crippen LogP contribution in [0.15, 0.2) is 77.7 Å². The minimum Gasteiger partial charge on any atom is -0.324 e. The predicted octanol–water partition coefficient (Wildman–Crippen LogP) is 4.14. The molecule has 30 heavy (non-hydrogen) atoms. The highest BCUT2D eigenvalue weighted by molar-refractivity contribution is 7.89. The van der Waals surface area contributed by atoms with Gasteiger partial charge in [-0.15, -0.1) is 0 Å².